The maximum absolute atomic E-state index is 13.1. The number of halogens is 1. The highest BCUT2D eigenvalue weighted by molar-refractivity contribution is 6.31. The zero-order valence-corrected chi connectivity index (χ0v) is 16.8. The number of aromatic nitrogens is 2. The highest BCUT2D eigenvalue weighted by atomic mass is 35.5. The molecular weight excluding hydrogens is 390 g/mol. The molecule has 1 aliphatic heterocycles. The highest BCUT2D eigenvalue weighted by Crippen LogP contribution is 2.44. The quantitative estimate of drug-likeness (QED) is 0.573. The number of hydrogen-bond donors (Lipinski definition) is 3. The number of aromatic hydroxyl groups is 1. The van der Waals surface area contributed by atoms with Crippen molar-refractivity contribution in [3.05, 3.63) is 69.9 Å². The summed E-state index contributed by atoms with van der Waals surface area (Å²) in [7, 11) is 0. The number of aliphatic hydroxyl groups is 1. The van der Waals surface area contributed by atoms with Crippen LogP contribution in [0.1, 0.15) is 46.6 Å². The summed E-state index contributed by atoms with van der Waals surface area (Å²) in [5.74, 6) is -0.122. The van der Waals surface area contributed by atoms with Gasteiger partial charge < -0.3 is 15.1 Å². The van der Waals surface area contributed by atoms with Crippen molar-refractivity contribution in [1.29, 1.82) is 0 Å². The van der Waals surface area contributed by atoms with Crippen LogP contribution in [0.2, 0.25) is 5.02 Å². The maximum atomic E-state index is 13.1. The molecule has 1 amide bonds. The Kier molecular flexibility index (Phi) is 5.30. The Morgan fingerprint density at radius 3 is 2.66 bits per heavy atom. The molecule has 6 nitrogen and oxygen atoms in total. The van der Waals surface area contributed by atoms with Crippen molar-refractivity contribution < 1.29 is 15.0 Å². The lowest BCUT2D eigenvalue weighted by Gasteiger charge is -2.26. The maximum Gasteiger partial charge on any atom is 0.273 e. The van der Waals surface area contributed by atoms with E-state index in [1.165, 1.54) is 11.6 Å². The van der Waals surface area contributed by atoms with Crippen LogP contribution in [-0.2, 0) is 6.42 Å². The molecule has 4 rings (SSSR count). The van der Waals surface area contributed by atoms with Gasteiger partial charge in [0.1, 0.15) is 17.1 Å². The zero-order valence-electron chi connectivity index (χ0n) is 16.0. The Morgan fingerprint density at radius 1 is 1.21 bits per heavy atom. The third kappa shape index (κ3) is 3.39. The molecule has 1 unspecified atom stereocenters. The largest absolute Gasteiger partial charge is 0.507 e. The van der Waals surface area contributed by atoms with Gasteiger partial charge in [-0.25, -0.2) is 0 Å². The van der Waals surface area contributed by atoms with Gasteiger partial charge in [-0.2, -0.15) is 5.10 Å². The van der Waals surface area contributed by atoms with E-state index < -0.39 is 0 Å². The second-order valence-electron chi connectivity index (χ2n) is 7.10. The molecule has 3 N–H and O–H groups in total. The summed E-state index contributed by atoms with van der Waals surface area (Å²) >= 11 is 6.14. The van der Waals surface area contributed by atoms with Gasteiger partial charge in [0.2, 0.25) is 0 Å². The van der Waals surface area contributed by atoms with Crippen LogP contribution in [0.5, 0.6) is 5.75 Å². The van der Waals surface area contributed by atoms with Crippen LogP contribution in [0.25, 0.3) is 11.3 Å². The lowest BCUT2D eigenvalue weighted by molar-refractivity contribution is 0.0732. The van der Waals surface area contributed by atoms with E-state index >= 15 is 0 Å². The van der Waals surface area contributed by atoms with Crippen molar-refractivity contribution in [2.75, 3.05) is 13.2 Å². The number of phenolic OH excluding ortho intramolecular Hbond substituents is 1. The van der Waals surface area contributed by atoms with Crippen LogP contribution in [0.4, 0.5) is 0 Å². The lowest BCUT2D eigenvalue weighted by Crippen LogP contribution is -2.31. The van der Waals surface area contributed by atoms with Crippen molar-refractivity contribution in [3.8, 4) is 17.0 Å². The Hall–Kier alpha value is -2.83. The number of fused-ring (bicyclic) bond motifs is 1. The van der Waals surface area contributed by atoms with E-state index in [2.05, 4.69) is 29.3 Å². The first-order valence-electron chi connectivity index (χ1n) is 9.63. The topological polar surface area (TPSA) is 89.5 Å². The van der Waals surface area contributed by atoms with E-state index in [9.17, 15) is 15.0 Å². The molecule has 0 saturated carbocycles. The van der Waals surface area contributed by atoms with Crippen LogP contribution in [0.3, 0.4) is 0 Å². The fourth-order valence-electron chi connectivity index (χ4n) is 3.85. The van der Waals surface area contributed by atoms with Gasteiger partial charge in [-0.1, -0.05) is 42.8 Å². The molecular formula is C22H22ClN3O3. The van der Waals surface area contributed by atoms with E-state index in [1.807, 2.05) is 12.1 Å². The van der Waals surface area contributed by atoms with E-state index in [4.69, 9.17) is 11.6 Å². The van der Waals surface area contributed by atoms with Gasteiger partial charge in [-0.15, -0.1) is 0 Å². The van der Waals surface area contributed by atoms with Crippen molar-refractivity contribution in [1.82, 2.24) is 15.1 Å². The number of nitrogens with one attached hydrogen (secondary N) is 1. The molecule has 0 bridgehead atoms. The number of H-pyrrole nitrogens is 1. The standard InChI is InChI=1S/C22H22ClN3O3/c1-2-13-4-6-14(7-5-13)21-18-19(16-12-15(23)8-9-17(16)28)24-25-20(18)22(29)26(21)10-3-11-27/h4-9,12,21,27-28H,2-3,10-11H2,1H3,(H,24,25). The Morgan fingerprint density at radius 2 is 1.97 bits per heavy atom. The summed E-state index contributed by atoms with van der Waals surface area (Å²) < 4.78 is 0. The number of benzene rings is 2. The van der Waals surface area contributed by atoms with Gasteiger partial charge in [-0.05, 0) is 42.2 Å². The monoisotopic (exact) mass is 411 g/mol. The molecule has 0 aliphatic carbocycles. The Balaban J connectivity index is 1.87. The predicted molar refractivity (Wildman–Crippen MR) is 111 cm³/mol. The molecule has 2 aromatic carbocycles. The van der Waals surface area contributed by atoms with Gasteiger partial charge >= 0.3 is 0 Å². The molecule has 3 aromatic rings. The molecule has 0 fully saturated rings. The molecule has 1 aromatic heterocycles. The van der Waals surface area contributed by atoms with E-state index in [0.717, 1.165) is 17.5 Å². The molecule has 29 heavy (non-hydrogen) atoms. The van der Waals surface area contributed by atoms with Crippen LogP contribution in [0.15, 0.2) is 42.5 Å². The molecule has 0 radical (unpaired) electrons. The van der Waals surface area contributed by atoms with Gasteiger partial charge in [0, 0.05) is 29.3 Å². The molecule has 7 heteroatoms. The lowest BCUT2D eigenvalue weighted by atomic mass is 9.95. The summed E-state index contributed by atoms with van der Waals surface area (Å²) in [5, 5.41) is 27.4. The van der Waals surface area contributed by atoms with E-state index in [-0.39, 0.29) is 24.3 Å². The predicted octanol–water partition coefficient (Wildman–Crippen LogP) is 3.93. The second kappa shape index (κ2) is 7.89. The molecule has 150 valence electrons. The van der Waals surface area contributed by atoms with Crippen LogP contribution in [0, 0.1) is 0 Å². The third-order valence-electron chi connectivity index (χ3n) is 5.34. The number of rotatable bonds is 6. The fraction of sp³-hybridized carbons (Fsp3) is 0.273. The van der Waals surface area contributed by atoms with E-state index in [0.29, 0.717) is 34.9 Å². The number of carbonyl (C=O) groups is 1. The molecule has 0 spiro atoms. The molecule has 1 atom stereocenters. The van der Waals surface area contributed by atoms with Gasteiger partial charge in [0.25, 0.3) is 5.91 Å². The minimum absolute atomic E-state index is 0.000600. The van der Waals surface area contributed by atoms with Crippen LogP contribution in [-0.4, -0.2) is 44.4 Å². The molecule has 1 aliphatic rings. The minimum Gasteiger partial charge on any atom is -0.507 e. The normalized spacial score (nSPS) is 15.8. The summed E-state index contributed by atoms with van der Waals surface area (Å²) in [6.45, 7) is 2.51. The van der Waals surface area contributed by atoms with Crippen molar-refractivity contribution in [3.63, 3.8) is 0 Å². The average Bonchev–Trinajstić information content (AvgIpc) is 3.27. The number of hydrogen-bond acceptors (Lipinski definition) is 4. The number of phenols is 1. The van der Waals surface area contributed by atoms with Crippen molar-refractivity contribution in [2.24, 2.45) is 0 Å². The molecule has 2 heterocycles. The SMILES string of the molecule is CCc1ccc(C2c3c(-c4cc(Cl)ccc4O)n[nH]c3C(=O)N2CCCO)cc1. The first-order chi connectivity index (χ1) is 14.0. The van der Waals surface area contributed by atoms with Gasteiger partial charge in [0.15, 0.2) is 0 Å². The number of aliphatic hydroxyl groups excluding tert-OH is 1. The van der Waals surface area contributed by atoms with Gasteiger partial charge in [0.05, 0.1) is 6.04 Å². The number of amides is 1. The second-order valence-corrected chi connectivity index (χ2v) is 7.53. The van der Waals surface area contributed by atoms with Crippen molar-refractivity contribution in [2.45, 2.75) is 25.8 Å². The number of nitrogens with zero attached hydrogens (tertiary/aromatic N) is 2. The Labute approximate surface area is 173 Å². The van der Waals surface area contributed by atoms with Crippen LogP contribution >= 0.6 is 11.6 Å². The molecule has 0 saturated heterocycles. The average molecular weight is 412 g/mol. The van der Waals surface area contributed by atoms with Gasteiger partial charge in [-0.3, -0.25) is 9.89 Å². The minimum atomic E-state index is -0.359. The smallest absolute Gasteiger partial charge is 0.273 e. The summed E-state index contributed by atoms with van der Waals surface area (Å²) in [4.78, 5) is 14.8. The van der Waals surface area contributed by atoms with E-state index in [1.54, 1.807) is 17.0 Å². The van der Waals surface area contributed by atoms with Crippen molar-refractivity contribution >= 4 is 17.5 Å². The third-order valence-corrected chi connectivity index (χ3v) is 5.57. The number of carbonyl (C=O) groups excluding carboxylic acids is 1. The summed E-state index contributed by atoms with van der Waals surface area (Å²) in [6, 6.07) is 12.6. The zero-order chi connectivity index (χ0) is 20.5. The van der Waals surface area contributed by atoms with Crippen LogP contribution < -0.4 is 0 Å². The summed E-state index contributed by atoms with van der Waals surface area (Å²) in [6.07, 6.45) is 1.40. The fourth-order valence-corrected chi connectivity index (χ4v) is 4.03. The first-order valence-corrected chi connectivity index (χ1v) is 10.0. The highest BCUT2D eigenvalue weighted by Gasteiger charge is 2.42. The Bertz CT molecular complexity index is 1050. The first kappa shape index (κ1) is 19.5. The number of aromatic amines is 1. The number of aryl methyl sites for hydroxylation is 1. The summed E-state index contributed by atoms with van der Waals surface area (Å²) in [5.41, 5.74) is 4.26.